The van der Waals surface area contributed by atoms with Crippen molar-refractivity contribution in [2.45, 2.75) is 335 Å². The van der Waals surface area contributed by atoms with Gasteiger partial charge in [-0.3, -0.25) is 0 Å². The average Bonchev–Trinajstić information content (AvgIpc) is 0.776. The molecule has 640 valence electrons. The molecule has 0 aromatic carbocycles. The number of hydrogen-bond donors (Lipinski definition) is 32. The van der Waals surface area contributed by atoms with Crippen LogP contribution in [0, 0.1) is 0 Å². The number of rotatable bonds is 20. The minimum absolute atomic E-state index is 0.739. The molecule has 109 heavy (non-hydrogen) atoms. The summed E-state index contributed by atoms with van der Waals surface area (Å²) >= 11 is 0. The third-order valence-electron chi connectivity index (χ3n) is 20.2. The lowest BCUT2D eigenvalue weighted by Crippen LogP contribution is -2.67. The molecule has 0 bridgehead atoms. The van der Waals surface area contributed by atoms with E-state index in [1.807, 2.05) is 0 Å². The highest BCUT2D eigenvalue weighted by atomic mass is 16.8. The molecule has 0 aromatic heterocycles. The molecule has 0 spiro atoms. The Kier molecular flexibility index (Phi) is 34.0. The first-order valence-corrected chi connectivity index (χ1v) is 34.7. The molecule has 10 aliphatic heterocycles. The van der Waals surface area contributed by atoms with Gasteiger partial charge in [0.2, 0.25) is 0 Å². The van der Waals surface area contributed by atoms with Crippen molar-refractivity contribution < 1.29 is 244 Å². The predicted molar refractivity (Wildman–Crippen MR) is 331 cm³/mol. The van der Waals surface area contributed by atoms with Gasteiger partial charge < -0.3 is 244 Å². The van der Waals surface area contributed by atoms with Crippen LogP contribution in [0.4, 0.5) is 0 Å². The van der Waals surface area contributed by atoms with E-state index in [-0.39, 0.29) is 0 Å². The molecule has 10 heterocycles. The zero-order chi connectivity index (χ0) is 81.1. The van der Waals surface area contributed by atoms with E-state index in [1.54, 1.807) is 0 Å². The minimum atomic E-state index is -1.97. The molecule has 32 N–H and O–H groups in total. The maximum atomic E-state index is 10.9. The van der Waals surface area contributed by atoms with E-state index in [1.165, 1.54) is 27.7 Å². The largest absolute Gasteiger partial charge is 0.394 e. The Bertz CT molecular complexity index is 2680. The minimum Gasteiger partial charge on any atom is -0.394 e. The summed E-state index contributed by atoms with van der Waals surface area (Å²) in [5.74, 6) is 0. The van der Waals surface area contributed by atoms with Gasteiger partial charge in [0.25, 0.3) is 0 Å². The first-order chi connectivity index (χ1) is 51.2. The van der Waals surface area contributed by atoms with Crippen molar-refractivity contribution in [1.82, 2.24) is 0 Å². The van der Waals surface area contributed by atoms with Crippen LogP contribution in [-0.4, -0.2) is 510 Å². The fourth-order valence-corrected chi connectivity index (χ4v) is 13.4. The molecule has 10 rings (SSSR count). The number of hydrogen-bond acceptors (Lipinski definition) is 49. The smallest absolute Gasteiger partial charge is 0.187 e. The normalized spacial score (nSPS) is 54.2. The lowest BCUT2D eigenvalue weighted by atomic mass is 9.95. The fraction of sp³-hybridized carbons (Fsp3) is 1.00. The van der Waals surface area contributed by atoms with Crippen molar-refractivity contribution in [3.05, 3.63) is 0 Å². The van der Waals surface area contributed by atoms with Crippen LogP contribution in [0.1, 0.15) is 27.7 Å². The standard InChI is InChI=1S/C24H42O19.2C18H32O15/c1-5-9(27)12(30)15(33)22(37-5)42-19-17(35)21(36)39-8(4-26)18(19)41-24-20(14(32)11(29)7(3-25)40-24)43-23-16(34)13(31)10(28)6(2)38-23;1-4-7(21)9(23)13(27)17(29-4)33-15-10(24)8(22)5(2-19)31-18(15)32-14-6(3-20)30-16(28)12(26)11(14)25;1-4-7(21)9(23)11(25)17(29-4)33-15-13(27)16(28)30-6(3-20)14(15)32-18-12(26)10(24)8(22)5(2-19)31-18/h5-36H,3-4H2,1-2H3;2*4-28H,2-3H2,1H3/t5?,6?,7-,8?,9+,10-,11-,12-,13?,14?,15?,16?,17?,18+,19+,20?,21?,22-,23+,24-;4?,5-,6?,7-,8-,9?,10?,11+,12?,13?,14+,15?,16?,17+,18-;4?,5-,6?,7+,8-,9-,10?,11?,12?,13?,14+,15+,16?,17-,18-/m000/s1. The predicted octanol–water partition coefficient (Wildman–Crippen LogP) is -20.8. The van der Waals surface area contributed by atoms with Gasteiger partial charge in [-0.2, -0.15) is 0 Å². The van der Waals surface area contributed by atoms with Gasteiger partial charge in [0.15, 0.2) is 62.9 Å². The Labute approximate surface area is 617 Å². The Morgan fingerprint density at radius 2 is 0.367 bits per heavy atom. The highest BCUT2D eigenvalue weighted by molar-refractivity contribution is 5.02. The maximum Gasteiger partial charge on any atom is 0.187 e. The van der Waals surface area contributed by atoms with Crippen LogP contribution in [0.15, 0.2) is 0 Å². The summed E-state index contributed by atoms with van der Waals surface area (Å²) in [5.41, 5.74) is 0. The molecule has 10 saturated heterocycles. The second-order valence-electron chi connectivity index (χ2n) is 27.7. The number of ether oxygens (including phenoxy) is 17. The lowest BCUT2D eigenvalue weighted by Gasteiger charge is -2.49. The van der Waals surface area contributed by atoms with Gasteiger partial charge in [-0.05, 0) is 27.7 Å². The summed E-state index contributed by atoms with van der Waals surface area (Å²) < 4.78 is 92.7. The molecule has 49 heteroatoms. The van der Waals surface area contributed by atoms with Crippen molar-refractivity contribution in [3.63, 3.8) is 0 Å². The van der Waals surface area contributed by atoms with Gasteiger partial charge in [0.05, 0.1) is 64.1 Å². The van der Waals surface area contributed by atoms with Crippen molar-refractivity contribution in [2.75, 3.05) is 39.6 Å². The van der Waals surface area contributed by atoms with Gasteiger partial charge in [0.1, 0.15) is 220 Å². The summed E-state index contributed by atoms with van der Waals surface area (Å²) in [6, 6.07) is 0. The van der Waals surface area contributed by atoms with E-state index in [4.69, 9.17) is 80.5 Å². The molecule has 10 aliphatic rings. The molecule has 10 fully saturated rings. The second-order valence-corrected chi connectivity index (χ2v) is 27.7. The highest BCUT2D eigenvalue weighted by Crippen LogP contribution is 2.39. The molecule has 25 unspecified atom stereocenters. The Morgan fingerprint density at radius 3 is 0.661 bits per heavy atom. The van der Waals surface area contributed by atoms with Crippen LogP contribution in [-0.2, 0) is 80.5 Å². The fourth-order valence-electron chi connectivity index (χ4n) is 13.4. The highest BCUT2D eigenvalue weighted by Gasteiger charge is 2.60. The number of aliphatic hydroxyl groups is 32. The molecule has 0 radical (unpaired) electrons. The maximum absolute atomic E-state index is 10.9. The summed E-state index contributed by atoms with van der Waals surface area (Å²) in [5, 5.41) is 323. The summed E-state index contributed by atoms with van der Waals surface area (Å²) in [4.78, 5) is 0. The van der Waals surface area contributed by atoms with Gasteiger partial charge in [-0.25, -0.2) is 0 Å². The third-order valence-corrected chi connectivity index (χ3v) is 20.2. The van der Waals surface area contributed by atoms with E-state index in [2.05, 4.69) is 0 Å². The first-order valence-electron chi connectivity index (χ1n) is 34.7. The first kappa shape index (κ1) is 92.5. The number of aliphatic hydroxyl groups excluding tert-OH is 32. The Hall–Kier alpha value is -1.96. The molecule has 0 saturated carbocycles. The third kappa shape index (κ3) is 20.3. The summed E-state index contributed by atoms with van der Waals surface area (Å²) in [6.07, 6.45) is -81.3. The second kappa shape index (κ2) is 40.0. The average molecular weight is 1610 g/mol. The zero-order valence-electron chi connectivity index (χ0n) is 58.4. The monoisotopic (exact) mass is 1610 g/mol. The zero-order valence-corrected chi connectivity index (χ0v) is 58.4. The van der Waals surface area contributed by atoms with Crippen LogP contribution in [0.5, 0.6) is 0 Å². The Balaban J connectivity index is 0.000000209. The van der Waals surface area contributed by atoms with Gasteiger partial charge >= 0.3 is 0 Å². The van der Waals surface area contributed by atoms with E-state index < -0.39 is 347 Å². The van der Waals surface area contributed by atoms with Gasteiger partial charge in [-0.1, -0.05) is 0 Å². The molecule has 50 atom stereocenters. The van der Waals surface area contributed by atoms with E-state index in [0.717, 1.165) is 0 Å². The molecule has 0 aromatic rings. The van der Waals surface area contributed by atoms with Crippen molar-refractivity contribution in [1.29, 1.82) is 0 Å². The molecule has 0 amide bonds. The molecular weight excluding hydrogens is 1500 g/mol. The molecule has 0 aliphatic carbocycles. The van der Waals surface area contributed by atoms with Crippen LogP contribution in [0.2, 0.25) is 0 Å². The Morgan fingerprint density at radius 1 is 0.165 bits per heavy atom. The SMILES string of the molecule is CC1O[C@@H](O[C@@H]2C(O)C(O)OC(CO)[C@H]2O[C@@H]2O[C@@H](CO)[C@H](O)C(O)C2O)C(O)[C@@H](O)[C@@H]1O.CC1O[C@H](OC2C(O)[C@@H](O)[C@H](CO)O[C@H]2O[C@@H]2C(CO)OC(O)C(O)[C@H]2O)C(O)C(O)[C@H]1O.CC1O[C@H](OC2C(O)[C@@H](O)[C@H](CO)O[C@H]2O[C@@H]2C(CO)OC(O)C(O)[C@H]2O[C@@H]2OC(C)[C@@H](O)[C@H](O)C2O)C(O)C(O)[C@H]1O. The van der Waals surface area contributed by atoms with Gasteiger partial charge in [-0.15, -0.1) is 0 Å². The van der Waals surface area contributed by atoms with Crippen LogP contribution in [0.3, 0.4) is 0 Å². The van der Waals surface area contributed by atoms with Crippen molar-refractivity contribution in [2.24, 2.45) is 0 Å². The summed E-state index contributed by atoms with van der Waals surface area (Å²) in [7, 11) is 0. The van der Waals surface area contributed by atoms with Gasteiger partial charge in [0, 0.05) is 0 Å². The van der Waals surface area contributed by atoms with Crippen LogP contribution < -0.4 is 0 Å². The van der Waals surface area contributed by atoms with E-state index in [0.29, 0.717) is 0 Å². The van der Waals surface area contributed by atoms with E-state index in [9.17, 15) is 163 Å². The quantitative estimate of drug-likeness (QED) is 0.0538. The lowest BCUT2D eigenvalue weighted by molar-refractivity contribution is -0.398. The van der Waals surface area contributed by atoms with Crippen LogP contribution >= 0.6 is 0 Å². The molecule has 49 nitrogen and oxygen atoms in total. The van der Waals surface area contributed by atoms with E-state index >= 15 is 0 Å². The van der Waals surface area contributed by atoms with Crippen molar-refractivity contribution in [3.8, 4) is 0 Å². The summed E-state index contributed by atoms with van der Waals surface area (Å²) in [6.45, 7) is 0.788. The topological polar surface area (TPSA) is 804 Å². The van der Waals surface area contributed by atoms with Crippen molar-refractivity contribution >= 4 is 0 Å². The molecular formula is C60H106O49. The van der Waals surface area contributed by atoms with Crippen LogP contribution in [0.25, 0.3) is 0 Å².